The molecule has 30 heavy (non-hydrogen) atoms. The van der Waals surface area contributed by atoms with Crippen molar-refractivity contribution in [3.05, 3.63) is 71.2 Å². The Labute approximate surface area is 174 Å². The van der Waals surface area contributed by atoms with Gasteiger partial charge in [-0.05, 0) is 67.8 Å². The lowest BCUT2D eigenvalue weighted by Crippen LogP contribution is -2.31. The number of benzene rings is 1. The molecule has 0 spiro atoms. The number of aromatic nitrogens is 1. The minimum atomic E-state index is -0.269. The van der Waals surface area contributed by atoms with Crippen LogP contribution in [0.25, 0.3) is 11.4 Å². The van der Waals surface area contributed by atoms with Crippen LogP contribution in [0.1, 0.15) is 29.5 Å². The van der Waals surface area contributed by atoms with Crippen molar-refractivity contribution in [2.24, 2.45) is 0 Å². The lowest BCUT2D eigenvalue weighted by molar-refractivity contribution is 0.251. The van der Waals surface area contributed by atoms with Crippen molar-refractivity contribution in [3.8, 4) is 0 Å². The molecule has 1 aromatic heterocycles. The molecule has 1 unspecified atom stereocenters. The van der Waals surface area contributed by atoms with E-state index in [0.29, 0.717) is 11.4 Å². The maximum atomic E-state index is 13.8. The van der Waals surface area contributed by atoms with E-state index in [1.165, 1.54) is 12.3 Å². The molecule has 8 heteroatoms. The van der Waals surface area contributed by atoms with Gasteiger partial charge in [0.1, 0.15) is 17.8 Å². The first-order chi connectivity index (χ1) is 14.5. The number of hydrogen-bond donors (Lipinski definition) is 5. The van der Waals surface area contributed by atoms with Crippen LogP contribution in [-0.2, 0) is 0 Å². The van der Waals surface area contributed by atoms with Gasteiger partial charge in [0.05, 0.1) is 11.4 Å². The summed E-state index contributed by atoms with van der Waals surface area (Å²) in [6.07, 6.45) is 8.07. The van der Waals surface area contributed by atoms with E-state index in [-0.39, 0.29) is 24.1 Å². The fraction of sp³-hybridized carbons (Fsp3) is 0.227. The normalized spacial score (nSPS) is 18.1. The second kappa shape index (κ2) is 8.36. The standard InChI is InChI=1S/C22H23FN6O/c1-13-11-14(4-7-17(13)23)20-21(28-18(27-20)3-2-9-24)15-8-10-25-19(12-15)29-22(30)26-16-5-6-16/h2-4,7-12,16,18,24,27-28H,5-6H2,1H3,(H2,25,26,29,30)/b3-2-,24-9?. The molecular weight excluding hydrogens is 383 g/mol. The predicted molar refractivity (Wildman–Crippen MR) is 115 cm³/mol. The summed E-state index contributed by atoms with van der Waals surface area (Å²) in [7, 11) is 0. The van der Waals surface area contributed by atoms with E-state index < -0.39 is 0 Å². The van der Waals surface area contributed by atoms with Crippen molar-refractivity contribution >= 4 is 29.5 Å². The highest BCUT2D eigenvalue weighted by atomic mass is 19.1. The molecule has 1 fully saturated rings. The SMILES string of the molecule is Cc1cc(C2=C(c3ccnc(NC(=O)NC4CC4)c3)NC(/C=C\C=N)N2)ccc1F. The number of hydrogen-bond acceptors (Lipinski definition) is 5. The number of pyridine rings is 1. The number of nitrogens with zero attached hydrogens (tertiary/aromatic N) is 1. The molecule has 2 aliphatic rings. The minimum Gasteiger partial charge on any atom is -0.360 e. The van der Waals surface area contributed by atoms with E-state index in [2.05, 4.69) is 26.3 Å². The second-order valence-electron chi connectivity index (χ2n) is 7.33. The molecule has 0 radical (unpaired) electrons. The predicted octanol–water partition coefficient (Wildman–Crippen LogP) is 3.36. The molecule has 2 aromatic rings. The summed E-state index contributed by atoms with van der Waals surface area (Å²) < 4.78 is 13.8. The van der Waals surface area contributed by atoms with Crippen LogP contribution in [0.3, 0.4) is 0 Å². The quantitative estimate of drug-likeness (QED) is 0.475. The van der Waals surface area contributed by atoms with Crippen molar-refractivity contribution in [1.82, 2.24) is 20.9 Å². The van der Waals surface area contributed by atoms with Gasteiger partial charge >= 0.3 is 6.03 Å². The largest absolute Gasteiger partial charge is 0.360 e. The highest BCUT2D eigenvalue weighted by molar-refractivity contribution is 5.93. The van der Waals surface area contributed by atoms with Gasteiger partial charge in [0.15, 0.2) is 0 Å². The molecule has 154 valence electrons. The van der Waals surface area contributed by atoms with Gasteiger partial charge in [-0.2, -0.15) is 0 Å². The van der Waals surface area contributed by atoms with Crippen molar-refractivity contribution in [1.29, 1.82) is 5.41 Å². The van der Waals surface area contributed by atoms with Crippen LogP contribution < -0.4 is 21.3 Å². The van der Waals surface area contributed by atoms with Crippen LogP contribution in [0.15, 0.2) is 48.7 Å². The Bertz CT molecular complexity index is 1040. The Morgan fingerprint density at radius 1 is 1.20 bits per heavy atom. The summed E-state index contributed by atoms with van der Waals surface area (Å²) in [5.41, 5.74) is 3.81. The van der Waals surface area contributed by atoms with Gasteiger partial charge in [-0.1, -0.05) is 0 Å². The van der Waals surface area contributed by atoms with E-state index in [1.54, 1.807) is 37.4 Å². The number of nitrogens with one attached hydrogen (secondary N) is 5. The van der Waals surface area contributed by atoms with E-state index in [0.717, 1.165) is 35.4 Å². The van der Waals surface area contributed by atoms with Crippen LogP contribution in [-0.4, -0.2) is 29.4 Å². The summed E-state index contributed by atoms with van der Waals surface area (Å²) in [4.78, 5) is 16.3. The summed E-state index contributed by atoms with van der Waals surface area (Å²) >= 11 is 0. The molecular formula is C22H23FN6O. The lowest BCUT2D eigenvalue weighted by atomic mass is 10.0. The number of halogens is 1. The van der Waals surface area contributed by atoms with Crippen molar-refractivity contribution in [3.63, 3.8) is 0 Å². The van der Waals surface area contributed by atoms with Crippen molar-refractivity contribution in [2.75, 3.05) is 5.32 Å². The Morgan fingerprint density at radius 2 is 1.93 bits per heavy atom. The first-order valence-electron chi connectivity index (χ1n) is 9.78. The summed E-state index contributed by atoms with van der Waals surface area (Å²) in [5, 5.41) is 19.6. The Hall–Kier alpha value is -3.68. The Kier molecular flexibility index (Phi) is 5.47. The van der Waals surface area contributed by atoms with Gasteiger partial charge in [0.25, 0.3) is 0 Å². The monoisotopic (exact) mass is 406 g/mol. The van der Waals surface area contributed by atoms with E-state index in [4.69, 9.17) is 5.41 Å². The lowest BCUT2D eigenvalue weighted by Gasteiger charge is -2.11. The zero-order valence-electron chi connectivity index (χ0n) is 16.5. The summed E-state index contributed by atoms with van der Waals surface area (Å²) in [6, 6.07) is 8.56. The van der Waals surface area contributed by atoms with Gasteiger partial charge in [-0.25, -0.2) is 14.2 Å². The van der Waals surface area contributed by atoms with E-state index in [9.17, 15) is 9.18 Å². The molecule has 0 saturated heterocycles. The van der Waals surface area contributed by atoms with Gasteiger partial charge in [0, 0.05) is 29.6 Å². The zero-order chi connectivity index (χ0) is 21.1. The van der Waals surface area contributed by atoms with Crippen molar-refractivity contribution in [2.45, 2.75) is 32.0 Å². The second-order valence-corrected chi connectivity index (χ2v) is 7.33. The van der Waals surface area contributed by atoms with E-state index in [1.807, 2.05) is 12.1 Å². The minimum absolute atomic E-state index is 0.232. The van der Waals surface area contributed by atoms with Gasteiger partial charge in [-0.15, -0.1) is 0 Å². The summed E-state index contributed by atoms with van der Waals surface area (Å²) in [6.45, 7) is 1.72. The Morgan fingerprint density at radius 3 is 2.60 bits per heavy atom. The zero-order valence-corrected chi connectivity index (χ0v) is 16.5. The molecule has 0 bridgehead atoms. The molecule has 1 saturated carbocycles. The first kappa shape index (κ1) is 19.6. The van der Waals surface area contributed by atoms with Crippen LogP contribution >= 0.6 is 0 Å². The third-order valence-electron chi connectivity index (χ3n) is 4.90. The number of carbonyl (C=O) groups excluding carboxylic acids is 1. The number of anilines is 1. The molecule has 1 aliphatic carbocycles. The highest BCUT2D eigenvalue weighted by Crippen LogP contribution is 2.29. The average molecular weight is 406 g/mol. The Balaban J connectivity index is 1.65. The molecule has 1 aromatic carbocycles. The number of urea groups is 1. The first-order valence-corrected chi connectivity index (χ1v) is 9.78. The molecule has 1 aliphatic heterocycles. The fourth-order valence-electron chi connectivity index (χ4n) is 3.23. The third-order valence-corrected chi connectivity index (χ3v) is 4.90. The van der Waals surface area contributed by atoms with Crippen LogP contribution in [0.5, 0.6) is 0 Å². The number of rotatable bonds is 6. The van der Waals surface area contributed by atoms with Gasteiger partial charge in [0.2, 0.25) is 0 Å². The molecule has 5 N–H and O–H groups in total. The van der Waals surface area contributed by atoms with Crippen LogP contribution in [0.2, 0.25) is 0 Å². The number of amides is 2. The average Bonchev–Trinajstić information content (AvgIpc) is 3.43. The molecule has 2 amide bonds. The van der Waals surface area contributed by atoms with Crippen molar-refractivity contribution < 1.29 is 9.18 Å². The maximum Gasteiger partial charge on any atom is 0.320 e. The number of allylic oxidation sites excluding steroid dienone is 1. The molecule has 2 heterocycles. The van der Waals surface area contributed by atoms with Crippen LogP contribution in [0, 0.1) is 18.2 Å². The third kappa shape index (κ3) is 4.48. The van der Waals surface area contributed by atoms with E-state index >= 15 is 0 Å². The fourth-order valence-corrected chi connectivity index (χ4v) is 3.23. The van der Waals surface area contributed by atoms with Gasteiger partial charge < -0.3 is 21.4 Å². The molecule has 4 rings (SSSR count). The number of aryl methyl sites for hydroxylation is 1. The molecule has 1 atom stereocenters. The smallest absolute Gasteiger partial charge is 0.320 e. The van der Waals surface area contributed by atoms with Gasteiger partial charge in [-0.3, -0.25) is 5.32 Å². The molecule has 7 nitrogen and oxygen atoms in total. The topological polar surface area (TPSA) is 102 Å². The van der Waals surface area contributed by atoms with Crippen LogP contribution in [0.4, 0.5) is 15.0 Å². The maximum absolute atomic E-state index is 13.8. The highest BCUT2D eigenvalue weighted by Gasteiger charge is 2.25. The summed E-state index contributed by atoms with van der Waals surface area (Å²) in [5.74, 6) is 0.178. The number of carbonyl (C=O) groups is 1.